The Kier molecular flexibility index (Phi) is 6.90. The number of imidazole rings is 1. The number of nitrogens with one attached hydrogen (secondary N) is 1. The number of para-hydroxylation sites is 1. The molecule has 1 aromatic carbocycles. The molecule has 2 aromatic rings. The highest BCUT2D eigenvalue weighted by atomic mass is 16.4. The first kappa shape index (κ1) is 24.4. The molecule has 2 N–H and O–H groups in total. The van der Waals surface area contributed by atoms with E-state index in [1.165, 1.54) is 16.1 Å². The first-order valence-corrected chi connectivity index (χ1v) is 11.9. The first-order chi connectivity index (χ1) is 16.7. The minimum absolute atomic E-state index is 0.0469. The highest BCUT2D eigenvalue weighted by Gasteiger charge is 2.44. The number of benzene rings is 1. The second kappa shape index (κ2) is 9.89. The number of nitrogens with zero attached hydrogens (tertiary/aromatic N) is 4. The largest absolute Gasteiger partial charge is 0.480 e. The van der Waals surface area contributed by atoms with Gasteiger partial charge in [0.15, 0.2) is 0 Å². The van der Waals surface area contributed by atoms with Gasteiger partial charge in [-0.3, -0.25) is 19.3 Å². The number of carbonyl (C=O) groups is 4. The lowest BCUT2D eigenvalue weighted by molar-refractivity contribution is -0.142. The molecule has 10 heteroatoms. The van der Waals surface area contributed by atoms with Crippen molar-refractivity contribution in [3.63, 3.8) is 0 Å². The van der Waals surface area contributed by atoms with Gasteiger partial charge in [0.05, 0.1) is 12.0 Å². The predicted octanol–water partition coefficient (Wildman–Crippen LogP) is 1.23. The van der Waals surface area contributed by atoms with Crippen LogP contribution >= 0.6 is 0 Å². The first-order valence-electron chi connectivity index (χ1n) is 11.9. The molecule has 0 unspecified atom stereocenters. The number of anilines is 1. The third-order valence-electron chi connectivity index (χ3n) is 7.15. The van der Waals surface area contributed by atoms with Crippen molar-refractivity contribution in [2.45, 2.75) is 64.2 Å². The van der Waals surface area contributed by atoms with Crippen molar-refractivity contribution in [2.24, 2.45) is 5.92 Å². The highest BCUT2D eigenvalue weighted by molar-refractivity contribution is 6.07. The monoisotopic (exact) mass is 481 g/mol. The van der Waals surface area contributed by atoms with Gasteiger partial charge in [0.25, 0.3) is 0 Å². The zero-order valence-electron chi connectivity index (χ0n) is 20.2. The van der Waals surface area contributed by atoms with Crippen LogP contribution in [-0.2, 0) is 38.6 Å². The summed E-state index contributed by atoms with van der Waals surface area (Å²) in [5.74, 6) is -2.33. The molecule has 3 amide bonds. The molecule has 4 rings (SSSR count). The predicted molar refractivity (Wildman–Crippen MR) is 128 cm³/mol. The smallest absolute Gasteiger partial charge is 0.327 e. The van der Waals surface area contributed by atoms with Crippen molar-refractivity contribution < 1.29 is 24.3 Å². The van der Waals surface area contributed by atoms with E-state index in [2.05, 4.69) is 10.3 Å². The fourth-order valence-corrected chi connectivity index (χ4v) is 5.06. The van der Waals surface area contributed by atoms with Gasteiger partial charge in [-0.2, -0.15) is 0 Å². The molecule has 10 nitrogen and oxygen atoms in total. The molecule has 0 saturated heterocycles. The van der Waals surface area contributed by atoms with Crippen molar-refractivity contribution in [1.82, 2.24) is 19.8 Å². The Bertz CT molecular complexity index is 1130. The number of likely N-dealkylation sites (N-methyl/N-ethyl adjacent to an activating group) is 1. The van der Waals surface area contributed by atoms with Crippen LogP contribution in [0.25, 0.3) is 0 Å². The Labute approximate surface area is 203 Å². The third kappa shape index (κ3) is 4.65. The van der Waals surface area contributed by atoms with Crippen LogP contribution in [-0.4, -0.2) is 68.4 Å². The maximum absolute atomic E-state index is 13.6. The zero-order valence-corrected chi connectivity index (χ0v) is 20.2. The van der Waals surface area contributed by atoms with Crippen LogP contribution < -0.4 is 10.2 Å². The van der Waals surface area contributed by atoms with Gasteiger partial charge in [0.2, 0.25) is 17.7 Å². The topological polar surface area (TPSA) is 125 Å². The number of carbonyl (C=O) groups excluding carboxylic acids is 3. The Balaban J connectivity index is 1.56. The summed E-state index contributed by atoms with van der Waals surface area (Å²) in [4.78, 5) is 58.7. The maximum Gasteiger partial charge on any atom is 0.327 e. The van der Waals surface area contributed by atoms with E-state index in [4.69, 9.17) is 0 Å². The Hall–Kier alpha value is -3.69. The fourth-order valence-electron chi connectivity index (χ4n) is 5.06. The summed E-state index contributed by atoms with van der Waals surface area (Å²) in [5, 5.41) is 12.6. The lowest BCUT2D eigenvalue weighted by Gasteiger charge is -2.33. The minimum atomic E-state index is -1.07. The van der Waals surface area contributed by atoms with Crippen LogP contribution in [0.2, 0.25) is 0 Å². The third-order valence-corrected chi connectivity index (χ3v) is 7.15. The van der Waals surface area contributed by atoms with E-state index in [1.54, 1.807) is 24.0 Å². The van der Waals surface area contributed by atoms with Gasteiger partial charge in [-0.25, -0.2) is 9.78 Å². The number of hydrogen-bond donors (Lipinski definition) is 2. The van der Waals surface area contributed by atoms with Gasteiger partial charge >= 0.3 is 5.97 Å². The quantitative estimate of drug-likeness (QED) is 0.584. The van der Waals surface area contributed by atoms with E-state index in [-0.39, 0.29) is 24.8 Å². The Morgan fingerprint density at radius 3 is 2.69 bits per heavy atom. The highest BCUT2D eigenvalue weighted by Crippen LogP contribution is 2.39. The van der Waals surface area contributed by atoms with E-state index >= 15 is 0 Å². The molecule has 186 valence electrons. The number of carboxylic acids is 1. The van der Waals surface area contributed by atoms with E-state index in [0.29, 0.717) is 24.9 Å². The minimum Gasteiger partial charge on any atom is -0.480 e. The van der Waals surface area contributed by atoms with Gasteiger partial charge in [-0.1, -0.05) is 38.5 Å². The van der Waals surface area contributed by atoms with Gasteiger partial charge in [-0.05, 0) is 29.9 Å². The summed E-state index contributed by atoms with van der Waals surface area (Å²) in [6, 6.07) is 2.96. The van der Waals surface area contributed by atoms with Crippen LogP contribution in [0, 0.1) is 5.92 Å². The Morgan fingerprint density at radius 1 is 1.29 bits per heavy atom. The Morgan fingerprint density at radius 2 is 2.03 bits per heavy atom. The molecule has 2 aliphatic heterocycles. The average molecular weight is 482 g/mol. The lowest BCUT2D eigenvalue weighted by Crippen LogP contribution is -2.57. The molecule has 0 spiro atoms. The number of rotatable bonds is 8. The van der Waals surface area contributed by atoms with E-state index < -0.39 is 35.9 Å². The number of carboxylic acid groups (broad SMARTS) is 1. The normalized spacial score (nSPS) is 20.5. The number of aliphatic carboxylic acids is 1. The van der Waals surface area contributed by atoms with E-state index in [1.807, 2.05) is 32.0 Å². The second-order valence-electron chi connectivity index (χ2n) is 9.36. The second-order valence-corrected chi connectivity index (χ2v) is 9.36. The molecule has 0 radical (unpaired) electrons. The van der Waals surface area contributed by atoms with Gasteiger partial charge in [-0.15, -0.1) is 0 Å². The van der Waals surface area contributed by atoms with Crippen molar-refractivity contribution in [3.05, 3.63) is 48.0 Å². The molecule has 0 bridgehead atoms. The number of hydrogen-bond acceptors (Lipinski definition) is 5. The van der Waals surface area contributed by atoms with Crippen molar-refractivity contribution in [2.75, 3.05) is 11.9 Å². The summed E-state index contributed by atoms with van der Waals surface area (Å²) in [7, 11) is 1.59. The molecule has 4 atom stereocenters. The molecule has 0 saturated carbocycles. The number of aromatic nitrogens is 2. The van der Waals surface area contributed by atoms with Crippen LogP contribution in [0.3, 0.4) is 0 Å². The molecular weight excluding hydrogens is 450 g/mol. The SMILES string of the molecule is CC[C@H](C)[C@@H](C(=O)N[C@H]1CCc2cccc3c2N(C1=O)[C@H](C(=O)O)C3)N(C)C(=O)Cn1ccnc1. The zero-order chi connectivity index (χ0) is 25.3. The molecule has 3 heterocycles. The van der Waals surface area contributed by atoms with E-state index in [0.717, 1.165) is 11.1 Å². The molecule has 1 aromatic heterocycles. The summed E-state index contributed by atoms with van der Waals surface area (Å²) >= 11 is 0. The summed E-state index contributed by atoms with van der Waals surface area (Å²) in [6.45, 7) is 3.88. The van der Waals surface area contributed by atoms with Gasteiger partial charge in [0.1, 0.15) is 24.7 Å². The number of amides is 3. The number of aryl methyl sites for hydroxylation is 1. The van der Waals surface area contributed by atoms with Crippen molar-refractivity contribution in [3.8, 4) is 0 Å². The van der Waals surface area contributed by atoms with Crippen molar-refractivity contribution in [1.29, 1.82) is 0 Å². The summed E-state index contributed by atoms with van der Waals surface area (Å²) in [5.41, 5.74) is 2.40. The lowest BCUT2D eigenvalue weighted by atomic mass is 9.96. The van der Waals surface area contributed by atoms with Crippen molar-refractivity contribution >= 4 is 29.4 Å². The standard InChI is InChI=1S/C25H31N5O5/c1-4-15(2)21(28(3)20(31)13-29-11-10-26-14-29)23(32)27-18-9-8-16-6-5-7-17-12-19(25(34)35)30(22(16)17)24(18)33/h5-7,10-11,14-15,18-19,21H,4,8-9,12-13H2,1-3H3,(H,27,32)(H,34,35)/t15-,18-,19-,21-/m0/s1. The molecule has 2 aliphatic rings. The van der Waals surface area contributed by atoms with Crippen LogP contribution in [0.1, 0.15) is 37.8 Å². The molecule has 35 heavy (non-hydrogen) atoms. The fraction of sp³-hybridized carbons (Fsp3) is 0.480. The van der Waals surface area contributed by atoms with Crippen LogP contribution in [0.4, 0.5) is 5.69 Å². The van der Waals surface area contributed by atoms with Gasteiger partial charge < -0.3 is 19.9 Å². The maximum atomic E-state index is 13.6. The summed E-state index contributed by atoms with van der Waals surface area (Å²) in [6.07, 6.45) is 6.57. The molecule has 0 fully saturated rings. The van der Waals surface area contributed by atoms with Gasteiger partial charge in [0, 0.05) is 25.9 Å². The average Bonchev–Trinajstić information content (AvgIpc) is 3.46. The molecule has 0 aliphatic carbocycles. The summed E-state index contributed by atoms with van der Waals surface area (Å²) < 4.78 is 1.63. The van der Waals surface area contributed by atoms with E-state index in [9.17, 15) is 24.3 Å². The van der Waals surface area contributed by atoms with Crippen LogP contribution in [0.15, 0.2) is 36.9 Å². The van der Waals surface area contributed by atoms with Crippen LogP contribution in [0.5, 0.6) is 0 Å². The molecular formula is C25H31N5O5.